The summed E-state index contributed by atoms with van der Waals surface area (Å²) in [6.45, 7) is 11.8. The highest BCUT2D eigenvalue weighted by Gasteiger charge is 2.52. The number of benzene rings is 3. The molecule has 7 rings (SSSR count). The van der Waals surface area contributed by atoms with Crippen LogP contribution in [0.1, 0.15) is 109 Å². The molecular formula is C57H69B3N12O9. The van der Waals surface area contributed by atoms with Crippen molar-refractivity contribution in [3.8, 4) is 0 Å². The smallest absolute Gasteiger partial charge is 0.450 e. The summed E-state index contributed by atoms with van der Waals surface area (Å²) in [5, 5.41) is 18.0. The summed E-state index contributed by atoms with van der Waals surface area (Å²) >= 11 is 0. The summed E-state index contributed by atoms with van der Waals surface area (Å²) in [5.41, 5.74) is 2.35. The molecule has 24 heteroatoms. The topological polar surface area (TPSA) is 280 Å². The lowest BCUT2D eigenvalue weighted by Crippen LogP contribution is -2.69. The van der Waals surface area contributed by atoms with Crippen molar-refractivity contribution >= 4 is 56.8 Å². The molecule has 1 unspecified atom stereocenters. The molecule has 81 heavy (non-hydrogen) atoms. The number of amides is 6. The molecule has 6 atom stereocenters. The van der Waals surface area contributed by atoms with Gasteiger partial charge in [-0.25, -0.2) is 15.0 Å². The first-order valence-corrected chi connectivity index (χ1v) is 27.3. The van der Waals surface area contributed by atoms with E-state index in [9.17, 15) is 28.8 Å². The minimum atomic E-state index is -1.31. The summed E-state index contributed by atoms with van der Waals surface area (Å²) in [7, 11) is -3.92. The van der Waals surface area contributed by atoms with Crippen molar-refractivity contribution in [2.75, 3.05) is 0 Å². The van der Waals surface area contributed by atoms with Crippen molar-refractivity contribution in [3.05, 3.63) is 181 Å². The summed E-state index contributed by atoms with van der Waals surface area (Å²) in [5.74, 6) is -6.54. The van der Waals surface area contributed by atoms with E-state index in [2.05, 4.69) is 61.8 Å². The maximum Gasteiger partial charge on any atom is 0.453 e. The predicted octanol–water partition coefficient (Wildman–Crippen LogP) is 4.22. The van der Waals surface area contributed by atoms with Crippen LogP contribution >= 0.6 is 0 Å². The van der Waals surface area contributed by atoms with Crippen molar-refractivity contribution in [2.24, 2.45) is 17.8 Å². The first-order chi connectivity index (χ1) is 39.1. The second-order valence-corrected chi connectivity index (χ2v) is 21.2. The molecule has 1 aliphatic rings. The summed E-state index contributed by atoms with van der Waals surface area (Å²) in [6.07, 6.45) is 13.6. The van der Waals surface area contributed by atoms with E-state index in [1.807, 2.05) is 133 Å². The number of nitrogens with zero attached hydrogens (tertiary/aromatic N) is 6. The lowest BCUT2D eigenvalue weighted by molar-refractivity contribution is -0.124. The Labute approximate surface area is 473 Å². The van der Waals surface area contributed by atoms with Crippen LogP contribution in [0.2, 0.25) is 0 Å². The molecule has 1 aliphatic heterocycles. The predicted molar refractivity (Wildman–Crippen MR) is 305 cm³/mol. The Bertz CT molecular complexity index is 2630. The van der Waals surface area contributed by atoms with Crippen LogP contribution in [0.4, 0.5) is 0 Å². The van der Waals surface area contributed by atoms with Gasteiger partial charge in [-0.2, -0.15) is 0 Å². The third kappa shape index (κ3) is 19.0. The monoisotopic (exact) mass is 1100 g/mol. The molecule has 4 heterocycles. The lowest BCUT2D eigenvalue weighted by atomic mass is 9.58. The second-order valence-electron chi connectivity index (χ2n) is 21.2. The van der Waals surface area contributed by atoms with E-state index in [1.54, 1.807) is 0 Å². The first-order valence-electron chi connectivity index (χ1n) is 27.3. The number of aromatic nitrogens is 6. The van der Waals surface area contributed by atoms with Gasteiger partial charge in [0.15, 0.2) is 0 Å². The number of hydrogen-bond donors (Lipinski definition) is 6. The molecule has 0 aliphatic carbocycles. The zero-order valence-corrected chi connectivity index (χ0v) is 46.4. The molecule has 6 aromatic rings. The lowest BCUT2D eigenvalue weighted by Gasteiger charge is -2.41. The molecule has 0 radical (unpaired) electrons. The Hall–Kier alpha value is -8.21. The van der Waals surface area contributed by atoms with Crippen LogP contribution in [0.5, 0.6) is 0 Å². The molecule has 0 spiro atoms. The van der Waals surface area contributed by atoms with Gasteiger partial charge in [-0.15, -0.1) is 0 Å². The third-order valence-electron chi connectivity index (χ3n) is 13.1. The zero-order chi connectivity index (χ0) is 57.7. The number of carbonyl (C=O) groups excluding carboxylic acids is 6. The van der Waals surface area contributed by atoms with Crippen LogP contribution in [-0.4, -0.2) is 123 Å². The van der Waals surface area contributed by atoms with Gasteiger partial charge in [-0.05, 0) is 53.7 Å². The number of rotatable bonds is 27. The molecule has 3 aromatic heterocycles. The Balaban J connectivity index is 1.25. The molecule has 0 bridgehead atoms. The second kappa shape index (κ2) is 30.4. The Morgan fingerprint density at radius 1 is 0.383 bits per heavy atom. The molecule has 21 nitrogen and oxygen atoms in total. The van der Waals surface area contributed by atoms with Gasteiger partial charge in [0.2, 0.25) is 17.7 Å². The Kier molecular flexibility index (Phi) is 22.7. The molecule has 1 saturated heterocycles. The quantitative estimate of drug-likeness (QED) is 0.0394. The van der Waals surface area contributed by atoms with Gasteiger partial charge < -0.3 is 45.6 Å². The van der Waals surface area contributed by atoms with E-state index in [4.69, 9.17) is 13.7 Å². The first kappa shape index (κ1) is 60.4. The van der Waals surface area contributed by atoms with E-state index < -0.39 is 92.7 Å². The maximum absolute atomic E-state index is 14.9. The van der Waals surface area contributed by atoms with E-state index in [0.29, 0.717) is 0 Å². The molecule has 6 amide bonds. The van der Waals surface area contributed by atoms with Gasteiger partial charge in [-0.1, -0.05) is 133 Å². The van der Waals surface area contributed by atoms with Crippen molar-refractivity contribution in [3.63, 3.8) is 0 Å². The van der Waals surface area contributed by atoms with Crippen molar-refractivity contribution in [2.45, 2.75) is 116 Å². The van der Waals surface area contributed by atoms with Crippen LogP contribution in [0, 0.1) is 17.8 Å². The van der Waals surface area contributed by atoms with E-state index in [1.165, 1.54) is 55.8 Å². The zero-order valence-electron chi connectivity index (χ0n) is 46.4. The van der Waals surface area contributed by atoms with Crippen molar-refractivity contribution in [1.29, 1.82) is 0 Å². The van der Waals surface area contributed by atoms with Gasteiger partial charge in [0.05, 0.1) is 36.4 Å². The average molecular weight is 1100 g/mol. The number of carbonyl (C=O) groups is 6. The largest absolute Gasteiger partial charge is 0.453 e. The minimum Gasteiger partial charge on any atom is -0.450 e. The molecule has 0 saturated carbocycles. The van der Waals surface area contributed by atoms with Gasteiger partial charge in [-0.3, -0.25) is 43.7 Å². The minimum absolute atomic E-state index is 0.0129. The highest BCUT2D eigenvalue weighted by molar-refractivity contribution is 6.75. The van der Waals surface area contributed by atoms with Crippen LogP contribution in [-0.2, 0) is 47.4 Å². The van der Waals surface area contributed by atoms with E-state index >= 15 is 0 Å². The van der Waals surface area contributed by atoms with Gasteiger partial charge >= 0.3 is 21.4 Å². The summed E-state index contributed by atoms with van der Waals surface area (Å²) in [4.78, 5) is 110. The van der Waals surface area contributed by atoms with Crippen molar-refractivity contribution < 1.29 is 42.5 Å². The summed E-state index contributed by atoms with van der Waals surface area (Å²) in [6, 6.07) is 24.3. The highest BCUT2D eigenvalue weighted by Crippen LogP contribution is 2.25. The fourth-order valence-corrected chi connectivity index (χ4v) is 9.27. The van der Waals surface area contributed by atoms with Gasteiger partial charge in [0.1, 0.15) is 35.2 Å². The summed E-state index contributed by atoms with van der Waals surface area (Å²) < 4.78 is 20.6. The van der Waals surface area contributed by atoms with Crippen LogP contribution in [0.15, 0.2) is 147 Å². The number of hydrogen-bond acceptors (Lipinski definition) is 15. The maximum atomic E-state index is 14.9. The van der Waals surface area contributed by atoms with Gasteiger partial charge in [0.25, 0.3) is 17.7 Å². The molecule has 3 aromatic carbocycles. The standard InChI is InChI=1S/C57H69B3N12O9/c1-37(2)28-49(70-52(73)43(31-40-16-10-7-11-17-40)67-55(76)46-34-61-22-25-64-46)58-79-59(50(29-38(3)4)71-53(74)44(32-41-18-12-8-13-19-41)68-56(77)47-35-62-23-26-65-47)81-60(80-58)51(30-39(5)6)72-54(75)45(33-42-20-14-9-15-21-42)69-57(78)48-36-63-24-27-66-48/h7-27,34-39,43-45,49-51H,28-33H2,1-6H3,(H,67,76)(H,68,77)(H,69,78)(H,70,73)(H,71,74)(H,72,75)/t43-,44-,45?,49+,50+,51+/m1/s1. The van der Waals surface area contributed by atoms with Gasteiger partial charge in [0, 0.05) is 56.4 Å². The Morgan fingerprint density at radius 3 is 0.864 bits per heavy atom. The van der Waals surface area contributed by atoms with E-state index in [-0.39, 0.29) is 73.4 Å². The molecule has 1 fully saturated rings. The normalized spacial score (nSPS) is 14.7. The average Bonchev–Trinajstić information content (AvgIpc) is 3.50. The SMILES string of the molecule is CC(C)C[C@H](NC(=O)C(Cc1ccccc1)NC(=O)c1cnccn1)B1OB([C@H](CC(C)C)NC(=O)[C@@H](Cc2ccccc2)NC(=O)c2cnccn2)OB([C@H](CC(C)C)NC(=O)[C@@H](Cc2ccccc2)NC(=O)c2cnccn2)O1. The third-order valence-corrected chi connectivity index (χ3v) is 13.1. The van der Waals surface area contributed by atoms with Crippen molar-refractivity contribution in [1.82, 2.24) is 61.8 Å². The van der Waals surface area contributed by atoms with Crippen LogP contribution < -0.4 is 31.9 Å². The fourth-order valence-electron chi connectivity index (χ4n) is 9.27. The van der Waals surface area contributed by atoms with E-state index in [0.717, 1.165) is 16.7 Å². The Morgan fingerprint density at radius 2 is 0.642 bits per heavy atom. The van der Waals surface area contributed by atoms with Crippen LogP contribution in [0.3, 0.4) is 0 Å². The van der Waals surface area contributed by atoms with Crippen LogP contribution in [0.25, 0.3) is 0 Å². The number of nitrogens with one attached hydrogen (secondary N) is 6. The molecular weight excluding hydrogens is 1030 g/mol. The fraction of sp³-hybridized carbons (Fsp3) is 0.368. The highest BCUT2D eigenvalue weighted by atomic mass is 16.7. The molecule has 6 N–H and O–H groups in total. The molecule has 420 valence electrons.